The first kappa shape index (κ1) is 16.8. The lowest BCUT2D eigenvalue weighted by molar-refractivity contribution is 0.252. The number of benzene rings is 1. The number of nitriles is 1. The summed E-state index contributed by atoms with van der Waals surface area (Å²) in [5.41, 5.74) is 2.26. The lowest BCUT2D eigenvalue weighted by Gasteiger charge is -2.26. The molecule has 0 aliphatic carbocycles. The first-order valence-corrected chi connectivity index (χ1v) is 9.26. The van der Waals surface area contributed by atoms with Crippen molar-refractivity contribution in [3.63, 3.8) is 0 Å². The Hall–Kier alpha value is -2.03. The number of nitrogens with zero attached hydrogens (tertiary/aromatic N) is 4. The van der Waals surface area contributed by atoms with Crippen LogP contribution in [0.1, 0.15) is 41.1 Å². The zero-order chi connectivity index (χ0) is 16.8. The number of aliphatic imine (C=N–C) groups is 1. The molecule has 24 heavy (non-hydrogen) atoms. The van der Waals surface area contributed by atoms with Gasteiger partial charge in [-0.05, 0) is 38.4 Å². The predicted octanol–water partition coefficient (Wildman–Crippen LogP) is 3.97. The van der Waals surface area contributed by atoms with Crippen LogP contribution in [0.25, 0.3) is 0 Å². The van der Waals surface area contributed by atoms with Crippen molar-refractivity contribution in [1.29, 1.82) is 5.26 Å². The highest BCUT2D eigenvalue weighted by Crippen LogP contribution is 2.25. The summed E-state index contributed by atoms with van der Waals surface area (Å²) in [4.78, 5) is 11.5. The van der Waals surface area contributed by atoms with Gasteiger partial charge in [-0.3, -0.25) is 9.89 Å². The van der Waals surface area contributed by atoms with E-state index in [0.29, 0.717) is 12.6 Å². The van der Waals surface area contributed by atoms with Crippen LogP contribution in [0.15, 0.2) is 40.7 Å². The number of thiazole rings is 1. The summed E-state index contributed by atoms with van der Waals surface area (Å²) in [6.07, 6.45) is 4.28. The second kappa shape index (κ2) is 8.18. The highest BCUT2D eigenvalue weighted by atomic mass is 32.1. The molecule has 2 aromatic rings. The third kappa shape index (κ3) is 4.08. The molecule has 2 atom stereocenters. The minimum Gasteiger partial charge on any atom is -0.294 e. The highest BCUT2D eigenvalue weighted by molar-refractivity contribution is 7.09. The van der Waals surface area contributed by atoms with Gasteiger partial charge in [-0.1, -0.05) is 30.3 Å². The van der Waals surface area contributed by atoms with Gasteiger partial charge in [0.25, 0.3) is 0 Å². The second-order valence-corrected chi connectivity index (χ2v) is 7.01. The summed E-state index contributed by atoms with van der Waals surface area (Å²) in [7, 11) is 0. The van der Waals surface area contributed by atoms with Crippen molar-refractivity contribution in [3.05, 3.63) is 52.0 Å². The molecule has 0 unspecified atom stereocenters. The maximum atomic E-state index is 9.40. The molecule has 5 heteroatoms. The Bertz CT molecular complexity index is 710. The number of aryl methyl sites for hydroxylation is 1. The van der Waals surface area contributed by atoms with E-state index in [1.807, 2.05) is 18.4 Å². The monoisotopic (exact) mass is 338 g/mol. The Balaban J connectivity index is 1.72. The lowest BCUT2D eigenvalue weighted by Crippen LogP contribution is -2.27. The Labute approximate surface area is 147 Å². The molecule has 0 amide bonds. The molecular weight excluding hydrogens is 316 g/mol. The molecule has 1 saturated heterocycles. The topological polar surface area (TPSA) is 52.3 Å². The van der Waals surface area contributed by atoms with Crippen molar-refractivity contribution >= 4 is 17.6 Å². The molecule has 2 heterocycles. The normalized spacial score (nSPS) is 17.8. The molecular formula is C19H22N4S. The van der Waals surface area contributed by atoms with E-state index in [2.05, 4.69) is 45.2 Å². The standard InChI is InChI=1S/C19H22N4S/c1-15-14-24-19(22-15)17(11-20)12-21-13-18(23-9-5-6-10-23)16-7-3-2-4-8-16/h2-4,7-8,12,14,17-18H,5-6,9-10,13H2,1H3/t17-,18+/m1/s1. The van der Waals surface area contributed by atoms with Crippen LogP contribution in [-0.4, -0.2) is 35.7 Å². The SMILES string of the molecule is Cc1csc([C@H](C#N)C=NC[C@@H](c2ccccc2)N2CCCC2)n1. The minimum atomic E-state index is -0.348. The van der Waals surface area contributed by atoms with E-state index in [4.69, 9.17) is 0 Å². The molecule has 124 valence electrons. The highest BCUT2D eigenvalue weighted by Gasteiger charge is 2.23. The summed E-state index contributed by atoms with van der Waals surface area (Å²) >= 11 is 1.53. The molecule has 0 bridgehead atoms. The number of aromatic nitrogens is 1. The zero-order valence-corrected chi connectivity index (χ0v) is 14.7. The van der Waals surface area contributed by atoms with Crippen LogP contribution in [0.3, 0.4) is 0 Å². The Morgan fingerprint density at radius 1 is 1.33 bits per heavy atom. The fourth-order valence-corrected chi connectivity index (χ4v) is 3.89. The molecule has 0 N–H and O–H groups in total. The van der Waals surface area contributed by atoms with Crippen molar-refractivity contribution in [2.75, 3.05) is 19.6 Å². The summed E-state index contributed by atoms with van der Waals surface area (Å²) in [5.74, 6) is -0.348. The van der Waals surface area contributed by atoms with Crippen LogP contribution >= 0.6 is 11.3 Å². The molecule has 1 aromatic heterocycles. The molecule has 0 saturated carbocycles. The summed E-state index contributed by atoms with van der Waals surface area (Å²) in [5, 5.41) is 12.2. The van der Waals surface area contributed by atoms with Gasteiger partial charge < -0.3 is 0 Å². The van der Waals surface area contributed by atoms with Gasteiger partial charge in [0.1, 0.15) is 10.9 Å². The molecule has 0 radical (unpaired) electrons. The van der Waals surface area contributed by atoms with Crippen LogP contribution in [0.4, 0.5) is 0 Å². The van der Waals surface area contributed by atoms with E-state index >= 15 is 0 Å². The molecule has 4 nitrogen and oxygen atoms in total. The fourth-order valence-electron chi connectivity index (χ4n) is 3.09. The maximum Gasteiger partial charge on any atom is 0.133 e. The summed E-state index contributed by atoms with van der Waals surface area (Å²) in [6, 6.07) is 13.1. The molecule has 1 aromatic carbocycles. The number of hydrogen-bond acceptors (Lipinski definition) is 5. The van der Waals surface area contributed by atoms with Crippen molar-refractivity contribution in [1.82, 2.24) is 9.88 Å². The van der Waals surface area contributed by atoms with Crippen molar-refractivity contribution in [2.45, 2.75) is 31.7 Å². The molecule has 0 spiro atoms. The maximum absolute atomic E-state index is 9.40. The van der Waals surface area contributed by atoms with Crippen LogP contribution in [0, 0.1) is 18.3 Å². The largest absolute Gasteiger partial charge is 0.294 e. The summed E-state index contributed by atoms with van der Waals surface area (Å²) in [6.45, 7) is 4.89. The van der Waals surface area contributed by atoms with E-state index in [1.54, 1.807) is 6.21 Å². The van der Waals surface area contributed by atoms with Gasteiger partial charge >= 0.3 is 0 Å². The van der Waals surface area contributed by atoms with Crippen molar-refractivity contribution < 1.29 is 0 Å². The average molecular weight is 338 g/mol. The number of hydrogen-bond donors (Lipinski definition) is 0. The van der Waals surface area contributed by atoms with Crippen LogP contribution in [0.2, 0.25) is 0 Å². The number of rotatable bonds is 6. The van der Waals surface area contributed by atoms with Gasteiger partial charge in [-0.15, -0.1) is 11.3 Å². The first-order chi connectivity index (χ1) is 11.8. The van der Waals surface area contributed by atoms with Gasteiger partial charge in [0.2, 0.25) is 0 Å². The summed E-state index contributed by atoms with van der Waals surface area (Å²) < 4.78 is 0. The Morgan fingerprint density at radius 3 is 2.71 bits per heavy atom. The third-order valence-electron chi connectivity index (χ3n) is 4.34. The van der Waals surface area contributed by atoms with E-state index < -0.39 is 0 Å². The van der Waals surface area contributed by atoms with Crippen molar-refractivity contribution in [2.24, 2.45) is 4.99 Å². The smallest absolute Gasteiger partial charge is 0.133 e. The number of likely N-dealkylation sites (tertiary alicyclic amines) is 1. The van der Waals surface area contributed by atoms with Gasteiger partial charge in [0.15, 0.2) is 0 Å². The molecule has 1 aliphatic rings. The third-order valence-corrected chi connectivity index (χ3v) is 5.39. The van der Waals surface area contributed by atoms with Crippen molar-refractivity contribution in [3.8, 4) is 6.07 Å². The average Bonchev–Trinajstić information content (AvgIpc) is 3.28. The quantitative estimate of drug-likeness (QED) is 0.749. The van der Waals surface area contributed by atoms with Crippen LogP contribution in [-0.2, 0) is 0 Å². The fraction of sp³-hybridized carbons (Fsp3) is 0.421. The molecule has 1 aliphatic heterocycles. The van der Waals surface area contributed by atoms with Gasteiger partial charge in [-0.2, -0.15) is 5.26 Å². The van der Waals surface area contributed by atoms with Gasteiger partial charge in [0, 0.05) is 17.3 Å². The van der Waals surface area contributed by atoms with Gasteiger partial charge in [-0.25, -0.2) is 4.98 Å². The van der Waals surface area contributed by atoms with Crippen LogP contribution < -0.4 is 0 Å². The van der Waals surface area contributed by atoms with Gasteiger partial charge in [0.05, 0.1) is 18.7 Å². The second-order valence-electron chi connectivity index (χ2n) is 6.12. The van der Waals surface area contributed by atoms with E-state index in [1.165, 1.54) is 29.7 Å². The molecule has 1 fully saturated rings. The van der Waals surface area contributed by atoms with E-state index in [9.17, 15) is 5.26 Å². The van der Waals surface area contributed by atoms with E-state index in [0.717, 1.165) is 23.8 Å². The first-order valence-electron chi connectivity index (χ1n) is 8.38. The Kier molecular flexibility index (Phi) is 5.73. The van der Waals surface area contributed by atoms with E-state index in [-0.39, 0.29) is 5.92 Å². The van der Waals surface area contributed by atoms with Crippen LogP contribution in [0.5, 0.6) is 0 Å². The molecule has 3 rings (SSSR count). The zero-order valence-electron chi connectivity index (χ0n) is 13.9. The predicted molar refractivity (Wildman–Crippen MR) is 98.6 cm³/mol. The Morgan fingerprint density at radius 2 is 2.08 bits per heavy atom. The lowest BCUT2D eigenvalue weighted by atomic mass is 10.1. The minimum absolute atomic E-state index is 0.294.